The fourth-order valence-corrected chi connectivity index (χ4v) is 4.58. The van der Waals surface area contributed by atoms with Crippen LogP contribution in [0.25, 0.3) is 0 Å². The molecule has 10 heteroatoms. The number of rotatable bonds is 8. The van der Waals surface area contributed by atoms with Crippen LogP contribution in [-0.2, 0) is 4.79 Å². The average Bonchev–Trinajstić information content (AvgIpc) is 3.00. The lowest BCUT2D eigenvalue weighted by atomic mass is 10.0. The molecule has 0 radical (unpaired) electrons. The minimum absolute atomic E-state index is 0.0512. The normalized spacial score (nSPS) is 16.9. The maximum Gasteiger partial charge on any atom is 0.251 e. The summed E-state index contributed by atoms with van der Waals surface area (Å²) in [7, 11) is 5.44. The Bertz CT molecular complexity index is 1090. The monoisotopic (exact) mass is 495 g/mol. The summed E-state index contributed by atoms with van der Waals surface area (Å²) >= 11 is 0. The Kier molecular flexibility index (Phi) is 8.25. The molecular weight excluding hydrogens is 458 g/mol. The molecule has 2 amide bonds. The van der Waals surface area contributed by atoms with E-state index in [2.05, 4.69) is 39.4 Å². The second kappa shape index (κ2) is 11.6. The van der Waals surface area contributed by atoms with E-state index in [1.807, 2.05) is 6.07 Å². The molecule has 1 aromatic heterocycles. The van der Waals surface area contributed by atoms with Crippen LogP contribution in [0.1, 0.15) is 49.4 Å². The minimum atomic E-state index is -0.102. The highest BCUT2D eigenvalue weighted by molar-refractivity contribution is 5.97. The second-order valence-corrected chi connectivity index (χ2v) is 9.54. The van der Waals surface area contributed by atoms with Gasteiger partial charge in [-0.1, -0.05) is 13.3 Å². The zero-order valence-electron chi connectivity index (χ0n) is 21.7. The first-order valence-electron chi connectivity index (χ1n) is 12.7. The van der Waals surface area contributed by atoms with Crippen LogP contribution in [0.15, 0.2) is 24.4 Å². The number of ether oxygens (including phenoxy) is 1. The van der Waals surface area contributed by atoms with Crippen molar-refractivity contribution in [1.82, 2.24) is 20.2 Å². The molecule has 2 aliphatic rings. The molecule has 3 heterocycles. The number of anilines is 4. The lowest BCUT2D eigenvalue weighted by Gasteiger charge is -2.29. The number of amides is 2. The van der Waals surface area contributed by atoms with E-state index < -0.39 is 0 Å². The van der Waals surface area contributed by atoms with Gasteiger partial charge in [0, 0.05) is 38.2 Å². The zero-order valence-corrected chi connectivity index (χ0v) is 21.7. The SMILES string of the molecule is CCCCN1CCC(=O)N(C)c2cnc(Nc3ccc(C(=O)NC4CCN(C)CC4)cc3OC)nc21. The van der Waals surface area contributed by atoms with Gasteiger partial charge < -0.3 is 30.1 Å². The van der Waals surface area contributed by atoms with Gasteiger partial charge >= 0.3 is 0 Å². The molecule has 0 spiro atoms. The molecule has 1 saturated heterocycles. The van der Waals surface area contributed by atoms with Gasteiger partial charge in [-0.2, -0.15) is 4.98 Å². The topological polar surface area (TPSA) is 103 Å². The lowest BCUT2D eigenvalue weighted by Crippen LogP contribution is -2.43. The van der Waals surface area contributed by atoms with Crippen molar-refractivity contribution in [2.75, 3.05) is 62.5 Å². The average molecular weight is 496 g/mol. The summed E-state index contributed by atoms with van der Waals surface area (Å²) in [5, 5.41) is 6.38. The van der Waals surface area contributed by atoms with Gasteiger partial charge in [-0.15, -0.1) is 0 Å². The van der Waals surface area contributed by atoms with Gasteiger partial charge in [0.15, 0.2) is 5.82 Å². The first kappa shape index (κ1) is 25.7. The maximum absolute atomic E-state index is 12.8. The number of hydrogen-bond acceptors (Lipinski definition) is 8. The maximum atomic E-state index is 12.8. The Morgan fingerprint density at radius 1 is 1.19 bits per heavy atom. The summed E-state index contributed by atoms with van der Waals surface area (Å²) in [5.41, 5.74) is 1.91. The molecule has 2 N–H and O–H groups in total. The Morgan fingerprint density at radius 2 is 1.97 bits per heavy atom. The van der Waals surface area contributed by atoms with E-state index in [0.717, 1.165) is 51.1 Å². The summed E-state index contributed by atoms with van der Waals surface area (Å²) in [6, 6.07) is 5.50. The van der Waals surface area contributed by atoms with Crippen molar-refractivity contribution in [3.8, 4) is 5.75 Å². The summed E-state index contributed by atoms with van der Waals surface area (Å²) in [6.07, 6.45) is 6.09. The summed E-state index contributed by atoms with van der Waals surface area (Å²) < 4.78 is 5.58. The minimum Gasteiger partial charge on any atom is -0.495 e. The van der Waals surface area contributed by atoms with E-state index in [-0.39, 0.29) is 17.9 Å². The van der Waals surface area contributed by atoms with E-state index in [1.165, 1.54) is 0 Å². The van der Waals surface area contributed by atoms with Crippen molar-refractivity contribution in [3.05, 3.63) is 30.0 Å². The Morgan fingerprint density at radius 3 is 2.69 bits per heavy atom. The third-order valence-corrected chi connectivity index (χ3v) is 6.93. The van der Waals surface area contributed by atoms with Crippen LogP contribution in [0.4, 0.5) is 23.1 Å². The van der Waals surface area contributed by atoms with Crippen molar-refractivity contribution in [1.29, 1.82) is 0 Å². The molecule has 10 nitrogen and oxygen atoms in total. The lowest BCUT2D eigenvalue weighted by molar-refractivity contribution is -0.118. The number of carbonyl (C=O) groups is 2. The number of benzene rings is 1. The number of fused-ring (bicyclic) bond motifs is 1. The van der Waals surface area contributed by atoms with Gasteiger partial charge in [0.05, 0.1) is 19.0 Å². The molecule has 1 fully saturated rings. The highest BCUT2D eigenvalue weighted by Gasteiger charge is 2.26. The Labute approximate surface area is 213 Å². The third-order valence-electron chi connectivity index (χ3n) is 6.93. The van der Waals surface area contributed by atoms with Gasteiger partial charge in [0.25, 0.3) is 5.91 Å². The van der Waals surface area contributed by atoms with Crippen LogP contribution in [-0.4, -0.2) is 80.1 Å². The Hall–Kier alpha value is -3.40. The number of nitrogens with zero attached hydrogens (tertiary/aromatic N) is 5. The van der Waals surface area contributed by atoms with E-state index >= 15 is 0 Å². The van der Waals surface area contributed by atoms with Crippen molar-refractivity contribution >= 4 is 35.0 Å². The smallest absolute Gasteiger partial charge is 0.251 e. The van der Waals surface area contributed by atoms with Gasteiger partial charge in [-0.05, 0) is 57.6 Å². The standard InChI is InChI=1S/C26H37N7O3/c1-5-6-12-33-15-11-23(34)32(3)21-17-27-26(30-24(21)33)29-20-8-7-18(16-22(20)36-4)25(35)28-19-9-13-31(2)14-10-19/h7-8,16-17,19H,5-6,9-15H2,1-4H3,(H,28,35)(H,27,29,30). The van der Waals surface area contributed by atoms with E-state index in [4.69, 9.17) is 9.72 Å². The second-order valence-electron chi connectivity index (χ2n) is 9.54. The zero-order chi connectivity index (χ0) is 25.7. The van der Waals surface area contributed by atoms with Gasteiger partial charge in [-0.3, -0.25) is 9.59 Å². The van der Waals surface area contributed by atoms with Crippen molar-refractivity contribution in [2.24, 2.45) is 0 Å². The van der Waals surface area contributed by atoms with Gasteiger partial charge in [-0.25, -0.2) is 4.98 Å². The molecule has 4 rings (SSSR count). The molecular formula is C26H37N7O3. The summed E-state index contributed by atoms with van der Waals surface area (Å²) in [4.78, 5) is 40.6. The molecule has 2 aliphatic heterocycles. The predicted octanol–water partition coefficient (Wildman–Crippen LogP) is 3.03. The number of piperidine rings is 1. The Balaban J connectivity index is 1.53. The van der Waals surface area contributed by atoms with Crippen molar-refractivity contribution in [2.45, 2.75) is 45.1 Å². The van der Waals surface area contributed by atoms with Crippen LogP contribution >= 0.6 is 0 Å². The van der Waals surface area contributed by atoms with Crippen molar-refractivity contribution in [3.63, 3.8) is 0 Å². The highest BCUT2D eigenvalue weighted by atomic mass is 16.5. The molecule has 0 unspecified atom stereocenters. The summed E-state index contributed by atoms with van der Waals surface area (Å²) in [6.45, 7) is 5.56. The molecule has 0 atom stereocenters. The molecule has 0 bridgehead atoms. The van der Waals surface area contributed by atoms with E-state index in [9.17, 15) is 9.59 Å². The van der Waals surface area contributed by atoms with Crippen LogP contribution in [0.3, 0.4) is 0 Å². The number of methoxy groups -OCH3 is 1. The van der Waals surface area contributed by atoms with E-state index in [1.54, 1.807) is 37.4 Å². The largest absolute Gasteiger partial charge is 0.495 e. The fraction of sp³-hybridized carbons (Fsp3) is 0.538. The predicted molar refractivity (Wildman–Crippen MR) is 141 cm³/mol. The van der Waals surface area contributed by atoms with Crippen LogP contribution in [0, 0.1) is 0 Å². The number of aromatic nitrogens is 2. The number of unbranched alkanes of at least 4 members (excludes halogenated alkanes) is 1. The molecule has 2 aromatic rings. The highest BCUT2D eigenvalue weighted by Crippen LogP contribution is 2.33. The first-order valence-corrected chi connectivity index (χ1v) is 12.7. The molecule has 36 heavy (non-hydrogen) atoms. The number of likely N-dealkylation sites (tertiary alicyclic amines) is 1. The molecule has 194 valence electrons. The fourth-order valence-electron chi connectivity index (χ4n) is 4.58. The van der Waals surface area contributed by atoms with Crippen LogP contribution in [0.2, 0.25) is 0 Å². The number of hydrogen-bond donors (Lipinski definition) is 2. The van der Waals surface area contributed by atoms with Crippen molar-refractivity contribution < 1.29 is 14.3 Å². The molecule has 0 aliphatic carbocycles. The van der Waals surface area contributed by atoms with Gasteiger partial charge in [0.2, 0.25) is 11.9 Å². The van der Waals surface area contributed by atoms with E-state index in [0.29, 0.717) is 41.6 Å². The number of nitrogens with one attached hydrogen (secondary N) is 2. The van der Waals surface area contributed by atoms with Crippen LogP contribution in [0.5, 0.6) is 5.75 Å². The first-order chi connectivity index (χ1) is 17.4. The third kappa shape index (κ3) is 5.87. The molecule has 1 aromatic carbocycles. The van der Waals surface area contributed by atoms with Gasteiger partial charge in [0.1, 0.15) is 11.4 Å². The quantitative estimate of drug-likeness (QED) is 0.576. The summed E-state index contributed by atoms with van der Waals surface area (Å²) in [5.74, 6) is 1.62. The molecule has 0 saturated carbocycles. The van der Waals surface area contributed by atoms with Crippen LogP contribution < -0.4 is 25.2 Å². The number of carbonyl (C=O) groups excluding carboxylic acids is 2.